The van der Waals surface area contributed by atoms with Gasteiger partial charge in [-0.2, -0.15) is 5.10 Å². The molecule has 2 rings (SSSR count). The maximum atomic E-state index is 13.0. The minimum Gasteiger partial charge on any atom is -0.465 e. The molecule has 0 spiro atoms. The Labute approximate surface area is 199 Å². The standard InChI is InChI=1S/C22H33N5O3S2/c1-8-26(9-2)19(28)17-14(3)16(20(29)30-7)18(32-17)25-21(31)24-15(22(4,5)6)13-27-12-10-11-23-27/h10-12,15H,8-9,13H2,1-7H3,(H2,24,25,31). The Morgan fingerprint density at radius 2 is 1.97 bits per heavy atom. The van der Waals surface area contributed by atoms with Crippen LogP contribution < -0.4 is 10.6 Å². The van der Waals surface area contributed by atoms with Crippen molar-refractivity contribution in [3.05, 3.63) is 34.5 Å². The van der Waals surface area contributed by atoms with E-state index >= 15 is 0 Å². The van der Waals surface area contributed by atoms with Crippen LogP contribution in [0.15, 0.2) is 18.5 Å². The van der Waals surface area contributed by atoms with Gasteiger partial charge in [-0.25, -0.2) is 4.79 Å². The van der Waals surface area contributed by atoms with E-state index in [0.717, 1.165) is 0 Å². The summed E-state index contributed by atoms with van der Waals surface area (Å²) in [5.74, 6) is -0.618. The largest absolute Gasteiger partial charge is 0.465 e. The second kappa shape index (κ2) is 10.9. The quantitative estimate of drug-likeness (QED) is 0.438. The fourth-order valence-corrected chi connectivity index (χ4v) is 4.71. The summed E-state index contributed by atoms with van der Waals surface area (Å²) in [7, 11) is 1.32. The third-order valence-electron chi connectivity index (χ3n) is 5.29. The van der Waals surface area contributed by atoms with Gasteiger partial charge >= 0.3 is 5.97 Å². The number of methoxy groups -OCH3 is 1. The fraction of sp³-hybridized carbons (Fsp3) is 0.545. The van der Waals surface area contributed by atoms with Crippen molar-refractivity contribution >= 4 is 45.5 Å². The summed E-state index contributed by atoms with van der Waals surface area (Å²) in [6, 6.07) is 1.85. The van der Waals surface area contributed by atoms with E-state index in [-0.39, 0.29) is 17.4 Å². The van der Waals surface area contributed by atoms with E-state index < -0.39 is 5.97 Å². The first-order chi connectivity index (χ1) is 15.0. The van der Waals surface area contributed by atoms with Gasteiger partial charge in [-0.3, -0.25) is 9.48 Å². The molecule has 2 N–H and O–H groups in total. The molecule has 176 valence electrons. The van der Waals surface area contributed by atoms with E-state index in [1.807, 2.05) is 30.8 Å². The maximum absolute atomic E-state index is 13.0. The number of rotatable bonds is 8. The van der Waals surface area contributed by atoms with Gasteiger partial charge in [-0.1, -0.05) is 20.8 Å². The molecule has 10 heteroatoms. The first-order valence-electron chi connectivity index (χ1n) is 10.6. The average molecular weight is 480 g/mol. The molecular weight excluding hydrogens is 446 g/mol. The molecule has 0 radical (unpaired) electrons. The number of carbonyl (C=O) groups is 2. The van der Waals surface area contributed by atoms with Crippen LogP contribution >= 0.6 is 23.6 Å². The van der Waals surface area contributed by atoms with Crippen LogP contribution in [0.5, 0.6) is 0 Å². The Morgan fingerprint density at radius 3 is 2.47 bits per heavy atom. The molecule has 8 nitrogen and oxygen atoms in total. The van der Waals surface area contributed by atoms with Gasteiger partial charge in [0, 0.05) is 25.5 Å². The predicted molar refractivity (Wildman–Crippen MR) is 132 cm³/mol. The first kappa shape index (κ1) is 25.8. The summed E-state index contributed by atoms with van der Waals surface area (Å²) in [5.41, 5.74) is 0.808. The Bertz CT molecular complexity index is 944. The minimum absolute atomic E-state index is 0.0261. The van der Waals surface area contributed by atoms with Gasteiger partial charge in [0.1, 0.15) is 5.00 Å². The van der Waals surface area contributed by atoms with Gasteiger partial charge in [0.25, 0.3) is 5.91 Å². The Kier molecular flexibility index (Phi) is 8.80. The van der Waals surface area contributed by atoms with Crippen molar-refractivity contribution in [1.29, 1.82) is 0 Å². The number of nitrogens with one attached hydrogen (secondary N) is 2. The molecule has 0 fully saturated rings. The summed E-state index contributed by atoms with van der Waals surface area (Å²) >= 11 is 6.80. The summed E-state index contributed by atoms with van der Waals surface area (Å²) in [6.07, 6.45) is 3.64. The molecule has 2 heterocycles. The number of thiocarbonyl (C=S) groups is 1. The normalized spacial score (nSPS) is 12.2. The predicted octanol–water partition coefficient (Wildman–Crippen LogP) is 3.92. The van der Waals surface area contributed by atoms with Crippen LogP contribution in [0.4, 0.5) is 5.00 Å². The maximum Gasteiger partial charge on any atom is 0.341 e. The SMILES string of the molecule is CCN(CC)C(=O)c1sc(NC(=S)NC(Cn2cccn2)C(C)(C)C)c(C(=O)OC)c1C. The third-order valence-corrected chi connectivity index (χ3v) is 6.70. The summed E-state index contributed by atoms with van der Waals surface area (Å²) in [5, 5.41) is 11.6. The Balaban J connectivity index is 2.31. The molecule has 1 unspecified atom stereocenters. The second-order valence-corrected chi connectivity index (χ2v) is 9.90. The lowest BCUT2D eigenvalue weighted by molar-refractivity contribution is 0.0601. The highest BCUT2D eigenvalue weighted by atomic mass is 32.1. The van der Waals surface area contributed by atoms with Crippen molar-refractivity contribution in [3.8, 4) is 0 Å². The highest BCUT2D eigenvalue weighted by Crippen LogP contribution is 2.34. The number of nitrogens with zero attached hydrogens (tertiary/aromatic N) is 3. The van der Waals surface area contributed by atoms with Crippen LogP contribution in [0.3, 0.4) is 0 Å². The molecule has 0 bridgehead atoms. The molecular formula is C22H33N5O3S2. The number of ether oxygens (including phenoxy) is 1. The van der Waals surface area contributed by atoms with Crippen LogP contribution in [0.1, 0.15) is 60.2 Å². The van der Waals surface area contributed by atoms with E-state index in [9.17, 15) is 9.59 Å². The third kappa shape index (κ3) is 6.07. The van der Waals surface area contributed by atoms with Crippen LogP contribution in [0.25, 0.3) is 0 Å². The van der Waals surface area contributed by atoms with Gasteiger partial charge in [0.05, 0.1) is 30.1 Å². The smallest absolute Gasteiger partial charge is 0.341 e. The van der Waals surface area contributed by atoms with E-state index in [4.69, 9.17) is 17.0 Å². The topological polar surface area (TPSA) is 88.5 Å². The molecule has 2 aromatic heterocycles. The number of amides is 1. The van der Waals surface area contributed by atoms with Gasteiger partial charge < -0.3 is 20.3 Å². The molecule has 0 aromatic carbocycles. The van der Waals surface area contributed by atoms with E-state index in [1.165, 1.54) is 18.4 Å². The fourth-order valence-electron chi connectivity index (χ4n) is 3.24. The number of hydrogen-bond acceptors (Lipinski definition) is 6. The van der Waals surface area contributed by atoms with Crippen LogP contribution in [-0.2, 0) is 11.3 Å². The highest BCUT2D eigenvalue weighted by Gasteiger charge is 2.29. The number of esters is 1. The van der Waals surface area contributed by atoms with Crippen LogP contribution in [0.2, 0.25) is 0 Å². The molecule has 0 saturated heterocycles. The molecule has 0 aliphatic rings. The lowest BCUT2D eigenvalue weighted by atomic mass is 9.87. The summed E-state index contributed by atoms with van der Waals surface area (Å²) in [4.78, 5) is 27.7. The van der Waals surface area contributed by atoms with Crippen molar-refractivity contribution in [3.63, 3.8) is 0 Å². The number of anilines is 1. The number of carbonyl (C=O) groups excluding carboxylic acids is 2. The van der Waals surface area contributed by atoms with Crippen molar-refractivity contribution in [1.82, 2.24) is 20.0 Å². The molecule has 1 atom stereocenters. The van der Waals surface area contributed by atoms with Crippen molar-refractivity contribution in [2.24, 2.45) is 5.41 Å². The monoisotopic (exact) mass is 479 g/mol. The zero-order valence-electron chi connectivity index (χ0n) is 19.8. The van der Waals surface area contributed by atoms with Gasteiger partial charge in [0.2, 0.25) is 0 Å². The molecule has 32 heavy (non-hydrogen) atoms. The van der Waals surface area contributed by atoms with Crippen molar-refractivity contribution in [2.75, 3.05) is 25.5 Å². The van der Waals surface area contributed by atoms with E-state index in [1.54, 1.807) is 18.0 Å². The summed E-state index contributed by atoms with van der Waals surface area (Å²) < 4.78 is 6.83. The van der Waals surface area contributed by atoms with Gasteiger partial charge in [-0.15, -0.1) is 11.3 Å². The Hall–Kier alpha value is -2.46. The lowest BCUT2D eigenvalue weighted by Gasteiger charge is -2.32. The zero-order valence-corrected chi connectivity index (χ0v) is 21.4. The minimum atomic E-state index is -0.508. The Morgan fingerprint density at radius 1 is 1.31 bits per heavy atom. The molecule has 0 aliphatic heterocycles. The van der Waals surface area contributed by atoms with E-state index in [0.29, 0.717) is 45.8 Å². The second-order valence-electron chi connectivity index (χ2n) is 8.47. The van der Waals surface area contributed by atoms with Gasteiger partial charge in [-0.05, 0) is 50.0 Å². The van der Waals surface area contributed by atoms with Crippen LogP contribution in [-0.4, -0.2) is 57.9 Å². The summed E-state index contributed by atoms with van der Waals surface area (Å²) in [6.45, 7) is 13.8. The van der Waals surface area contributed by atoms with Crippen LogP contribution in [0, 0.1) is 12.3 Å². The van der Waals surface area contributed by atoms with Gasteiger partial charge in [0.15, 0.2) is 5.11 Å². The zero-order chi connectivity index (χ0) is 24.1. The molecule has 2 aromatic rings. The number of aromatic nitrogens is 2. The number of thiophene rings is 1. The highest BCUT2D eigenvalue weighted by molar-refractivity contribution is 7.80. The molecule has 1 amide bonds. The van der Waals surface area contributed by atoms with Crippen molar-refractivity contribution in [2.45, 2.75) is 54.1 Å². The van der Waals surface area contributed by atoms with Crippen molar-refractivity contribution < 1.29 is 14.3 Å². The van der Waals surface area contributed by atoms with E-state index in [2.05, 4.69) is 36.5 Å². The number of hydrogen-bond donors (Lipinski definition) is 2. The first-order valence-corrected chi connectivity index (χ1v) is 11.8. The average Bonchev–Trinajstić information content (AvgIpc) is 3.35. The molecule has 0 saturated carbocycles. The lowest BCUT2D eigenvalue weighted by Crippen LogP contribution is -2.48. The molecule has 0 aliphatic carbocycles.